The largest absolute Gasteiger partial charge is 0.484 e. The second kappa shape index (κ2) is 19.1. The van der Waals surface area contributed by atoms with Gasteiger partial charge in [0.25, 0.3) is 18.2 Å². The van der Waals surface area contributed by atoms with Crippen LogP contribution in [0.3, 0.4) is 0 Å². The van der Waals surface area contributed by atoms with Gasteiger partial charge in [-0.05, 0) is 119 Å². The molecule has 4 heterocycles. The average Bonchev–Trinajstić information content (AvgIpc) is 3.76. The van der Waals surface area contributed by atoms with Crippen LogP contribution >= 0.6 is 11.6 Å². The first kappa shape index (κ1) is 41.1. The van der Waals surface area contributed by atoms with Crippen LogP contribution in [-0.2, 0) is 16.0 Å². The molecule has 14 nitrogen and oxygen atoms in total. The summed E-state index contributed by atoms with van der Waals surface area (Å²) in [5.41, 5.74) is 1.88. The third kappa shape index (κ3) is 10.3. The number of carbonyl (C=O) groups excluding carboxylic acids is 3. The highest BCUT2D eigenvalue weighted by Gasteiger charge is 2.30. The van der Waals surface area contributed by atoms with E-state index in [4.69, 9.17) is 20.8 Å². The molecule has 0 radical (unpaired) electrons. The summed E-state index contributed by atoms with van der Waals surface area (Å²) >= 11 is 5.77. The fraction of sp³-hybridized carbons (Fsp3) is 0.512. The molecule has 310 valence electrons. The Bertz CT molecular complexity index is 2050. The van der Waals surface area contributed by atoms with E-state index in [1.165, 1.54) is 25.3 Å². The molecule has 1 aliphatic heterocycles. The van der Waals surface area contributed by atoms with Gasteiger partial charge in [0.1, 0.15) is 23.7 Å². The van der Waals surface area contributed by atoms with Gasteiger partial charge in [0.15, 0.2) is 18.0 Å². The van der Waals surface area contributed by atoms with Crippen LogP contribution in [-0.4, -0.2) is 82.7 Å². The summed E-state index contributed by atoms with van der Waals surface area (Å²) in [4.78, 5) is 48.2. The number of oxazole rings is 1. The fourth-order valence-electron chi connectivity index (χ4n) is 7.91. The van der Waals surface area contributed by atoms with Crippen LogP contribution in [0.25, 0.3) is 11.5 Å². The smallest absolute Gasteiger partial charge is 0.284 e. The van der Waals surface area contributed by atoms with Gasteiger partial charge in [-0.2, -0.15) is 5.10 Å². The minimum atomic E-state index is -2.88. The number of benzene rings is 1. The molecular formula is C41H50ClF2N9O5. The number of rotatable bonds is 18. The summed E-state index contributed by atoms with van der Waals surface area (Å²) < 4.78 is 41.2. The molecule has 1 atom stereocenters. The molecule has 2 saturated carbocycles. The van der Waals surface area contributed by atoms with Crippen molar-refractivity contribution in [3.8, 4) is 17.2 Å². The van der Waals surface area contributed by atoms with Crippen molar-refractivity contribution in [2.75, 3.05) is 54.7 Å². The van der Waals surface area contributed by atoms with E-state index in [1.807, 2.05) is 19.2 Å². The second-order valence-electron chi connectivity index (χ2n) is 15.3. The zero-order chi connectivity index (χ0) is 40.6. The summed E-state index contributed by atoms with van der Waals surface area (Å²) in [6.07, 6.45) is 10.4. The predicted octanol–water partition coefficient (Wildman–Crippen LogP) is 6.76. The number of aromatic nitrogens is 4. The van der Waals surface area contributed by atoms with E-state index >= 15 is 0 Å². The first-order valence-electron chi connectivity index (χ1n) is 20.1. The van der Waals surface area contributed by atoms with Crippen LogP contribution in [0.5, 0.6) is 5.75 Å². The SMILES string of the molecule is CNC(CCCNC(=O)COc1ccc2c(c1)CCCN2C(=O)CCl)[C@H]1CC[C@H](n2cc(NC(=O)c3coc(-c4ccnc(NCC5CC5)c4)n3)c(C(F)F)n2)CC1. The van der Waals surface area contributed by atoms with Crippen molar-refractivity contribution in [3.05, 3.63) is 65.9 Å². The third-order valence-electron chi connectivity index (χ3n) is 11.3. The minimum absolute atomic E-state index is 0.0416. The summed E-state index contributed by atoms with van der Waals surface area (Å²) in [6.45, 7) is 1.87. The molecule has 0 saturated heterocycles. The molecule has 58 heavy (non-hydrogen) atoms. The molecule has 0 bridgehead atoms. The van der Waals surface area contributed by atoms with Gasteiger partial charge in [0.05, 0.1) is 11.7 Å². The number of hydrogen-bond acceptors (Lipinski definition) is 10. The summed E-state index contributed by atoms with van der Waals surface area (Å²) in [5, 5.41) is 16.5. The molecule has 4 N–H and O–H groups in total. The standard InChI is InChI=1S/C41H50ClF2N9O5/c1-45-31(5-2-15-47-36(54)24-57-30-12-13-34-27(18-30)4-3-17-52(34)37(55)20-42)26-8-10-29(11-9-26)53-22-32(38(51-53)39(43)44)49-40(56)33-23-58-41(50-33)28-14-16-46-35(19-28)48-21-25-6-7-25/h12-14,16,18-19,22-23,25-26,29,31,39,45H,2-11,15,17,20-21,24H2,1H3,(H,46,48)(H,47,54)(H,49,56)/t26-,29-,31?. The number of carbonyl (C=O) groups is 3. The van der Waals surface area contributed by atoms with Crippen LogP contribution in [0.15, 0.2) is 53.4 Å². The van der Waals surface area contributed by atoms with E-state index in [9.17, 15) is 23.2 Å². The van der Waals surface area contributed by atoms with Crippen LogP contribution in [0.2, 0.25) is 0 Å². The highest BCUT2D eigenvalue weighted by Crippen LogP contribution is 2.37. The maximum Gasteiger partial charge on any atom is 0.284 e. The number of nitrogens with zero attached hydrogens (tertiary/aromatic N) is 5. The van der Waals surface area contributed by atoms with Gasteiger partial charge in [-0.1, -0.05) is 0 Å². The molecule has 3 aromatic heterocycles. The van der Waals surface area contributed by atoms with Crippen molar-refractivity contribution >= 4 is 46.5 Å². The Morgan fingerprint density at radius 2 is 1.91 bits per heavy atom. The Hall–Kier alpha value is -5.09. The summed E-state index contributed by atoms with van der Waals surface area (Å²) in [7, 11) is 1.93. The minimum Gasteiger partial charge on any atom is -0.484 e. The van der Waals surface area contributed by atoms with Gasteiger partial charge < -0.3 is 35.3 Å². The van der Waals surface area contributed by atoms with E-state index in [0.717, 1.165) is 69.2 Å². The lowest BCUT2D eigenvalue weighted by atomic mass is 9.80. The molecule has 4 aromatic rings. The maximum absolute atomic E-state index is 14.1. The topological polar surface area (TPSA) is 169 Å². The lowest BCUT2D eigenvalue weighted by Gasteiger charge is -2.34. The van der Waals surface area contributed by atoms with Crippen LogP contribution in [0.4, 0.5) is 26.0 Å². The Morgan fingerprint density at radius 1 is 1.09 bits per heavy atom. The molecule has 3 amide bonds. The number of aryl methyl sites for hydroxylation is 1. The number of nitrogens with one attached hydrogen (secondary N) is 4. The lowest BCUT2D eigenvalue weighted by Crippen LogP contribution is -2.37. The maximum atomic E-state index is 14.1. The molecule has 3 aliphatic rings. The van der Waals surface area contributed by atoms with Gasteiger partial charge >= 0.3 is 0 Å². The Kier molecular flexibility index (Phi) is 13.5. The van der Waals surface area contributed by atoms with Gasteiger partial charge in [0.2, 0.25) is 11.8 Å². The Balaban J connectivity index is 0.849. The van der Waals surface area contributed by atoms with Gasteiger partial charge in [-0.3, -0.25) is 19.1 Å². The molecule has 1 unspecified atom stereocenters. The summed E-state index contributed by atoms with van der Waals surface area (Å²) in [6, 6.07) is 9.14. The molecule has 7 rings (SSSR count). The average molecular weight is 822 g/mol. The zero-order valence-corrected chi connectivity index (χ0v) is 33.3. The molecule has 17 heteroatoms. The summed E-state index contributed by atoms with van der Waals surface area (Å²) in [5.74, 6) is 1.43. The van der Waals surface area contributed by atoms with Crippen molar-refractivity contribution < 1.29 is 32.3 Å². The zero-order valence-electron chi connectivity index (χ0n) is 32.5. The molecule has 1 aromatic carbocycles. The molecule has 2 aliphatic carbocycles. The van der Waals surface area contributed by atoms with Crippen molar-refractivity contribution in [1.82, 2.24) is 30.4 Å². The van der Waals surface area contributed by atoms with E-state index in [-0.39, 0.29) is 53.7 Å². The Morgan fingerprint density at radius 3 is 2.67 bits per heavy atom. The fourth-order valence-corrected chi connectivity index (χ4v) is 8.05. The molecule has 0 spiro atoms. The Labute approximate surface area is 340 Å². The van der Waals surface area contributed by atoms with Gasteiger partial charge in [-0.15, -0.1) is 11.6 Å². The van der Waals surface area contributed by atoms with Crippen molar-refractivity contribution in [3.63, 3.8) is 0 Å². The van der Waals surface area contributed by atoms with Crippen molar-refractivity contribution in [2.45, 2.75) is 82.7 Å². The van der Waals surface area contributed by atoms with Crippen LogP contribution in [0.1, 0.15) is 92.0 Å². The number of pyridine rings is 1. The lowest BCUT2D eigenvalue weighted by molar-refractivity contribution is -0.123. The number of halogens is 3. The highest BCUT2D eigenvalue weighted by molar-refractivity contribution is 6.29. The highest BCUT2D eigenvalue weighted by atomic mass is 35.5. The van der Waals surface area contributed by atoms with E-state index in [1.54, 1.807) is 34.0 Å². The normalized spacial score (nSPS) is 18.4. The number of anilines is 3. The second-order valence-corrected chi connectivity index (χ2v) is 15.5. The van der Waals surface area contributed by atoms with Crippen molar-refractivity contribution in [2.24, 2.45) is 11.8 Å². The van der Waals surface area contributed by atoms with Crippen molar-refractivity contribution in [1.29, 1.82) is 0 Å². The predicted molar refractivity (Wildman–Crippen MR) is 216 cm³/mol. The van der Waals surface area contributed by atoms with E-state index in [0.29, 0.717) is 42.1 Å². The monoisotopic (exact) mass is 821 g/mol. The molecule has 2 fully saturated rings. The van der Waals surface area contributed by atoms with Gasteiger partial charge in [-0.25, -0.2) is 18.7 Å². The number of hydrogen-bond donors (Lipinski definition) is 4. The molecular weight excluding hydrogens is 772 g/mol. The third-order valence-corrected chi connectivity index (χ3v) is 11.5. The van der Waals surface area contributed by atoms with E-state index in [2.05, 4.69) is 36.3 Å². The van der Waals surface area contributed by atoms with E-state index < -0.39 is 18.0 Å². The first-order chi connectivity index (χ1) is 28.2. The number of amides is 3. The number of fused-ring (bicyclic) bond motifs is 1. The number of alkyl halides is 3. The first-order valence-corrected chi connectivity index (χ1v) is 20.6. The van der Waals surface area contributed by atoms with Crippen LogP contribution in [0, 0.1) is 11.8 Å². The quantitative estimate of drug-likeness (QED) is 0.0622. The van der Waals surface area contributed by atoms with Crippen LogP contribution < -0.4 is 30.9 Å². The van der Waals surface area contributed by atoms with Gasteiger partial charge in [0, 0.05) is 49.3 Å². The number of ether oxygens (including phenoxy) is 1.